The molecule has 0 bridgehead atoms. The Hall–Kier alpha value is -1.38. The second kappa shape index (κ2) is 3.40. The number of nitrogens with zero attached hydrogens (tertiary/aromatic N) is 1. The van der Waals surface area contributed by atoms with Crippen molar-refractivity contribution in [3.05, 3.63) is 23.9 Å². The molecule has 1 atom stereocenters. The van der Waals surface area contributed by atoms with Crippen molar-refractivity contribution in [2.45, 2.75) is 33.2 Å². The Morgan fingerprint density at radius 3 is 2.29 bits per heavy atom. The van der Waals surface area contributed by atoms with E-state index in [0.29, 0.717) is 0 Å². The molecule has 0 aromatic carbocycles. The zero-order valence-corrected chi connectivity index (χ0v) is 9.00. The third kappa shape index (κ3) is 1.50. The van der Waals surface area contributed by atoms with Gasteiger partial charge >= 0.3 is 0 Å². The number of hydrogen-bond donors (Lipinski definition) is 0. The van der Waals surface area contributed by atoms with Gasteiger partial charge in [-0.3, -0.25) is 9.59 Å². The molecule has 0 aromatic rings. The summed E-state index contributed by atoms with van der Waals surface area (Å²) in [7, 11) is 0. The molecule has 1 aliphatic heterocycles. The lowest BCUT2D eigenvalue weighted by Gasteiger charge is -2.39. The average molecular weight is 193 g/mol. The molecule has 0 saturated carbocycles. The van der Waals surface area contributed by atoms with E-state index in [4.69, 9.17) is 0 Å². The quantitative estimate of drug-likeness (QED) is 0.635. The first kappa shape index (κ1) is 10.7. The lowest BCUT2D eigenvalue weighted by atomic mass is 9.91. The Labute approximate surface area is 84.1 Å². The van der Waals surface area contributed by atoms with Crippen molar-refractivity contribution in [1.29, 1.82) is 0 Å². The predicted molar refractivity (Wildman–Crippen MR) is 54.5 cm³/mol. The van der Waals surface area contributed by atoms with E-state index in [1.165, 1.54) is 18.7 Å². The van der Waals surface area contributed by atoms with Crippen LogP contribution < -0.4 is 0 Å². The van der Waals surface area contributed by atoms with Crippen molar-refractivity contribution in [2.75, 3.05) is 0 Å². The summed E-state index contributed by atoms with van der Waals surface area (Å²) in [4.78, 5) is 24.5. The van der Waals surface area contributed by atoms with Gasteiger partial charge in [-0.25, -0.2) is 0 Å². The van der Waals surface area contributed by atoms with Crippen LogP contribution in [0.25, 0.3) is 0 Å². The molecule has 3 nitrogen and oxygen atoms in total. The van der Waals surface area contributed by atoms with E-state index in [2.05, 4.69) is 0 Å². The van der Waals surface area contributed by atoms with Crippen molar-refractivity contribution in [1.82, 2.24) is 4.90 Å². The Bertz CT molecular complexity index is 341. The first-order valence-corrected chi connectivity index (χ1v) is 4.57. The van der Waals surface area contributed by atoms with E-state index in [1.807, 2.05) is 19.1 Å². The maximum Gasteiger partial charge on any atom is 0.224 e. The van der Waals surface area contributed by atoms with Crippen molar-refractivity contribution in [3.8, 4) is 0 Å². The molecule has 0 aliphatic carbocycles. The normalized spacial score (nSPS) is 26.0. The molecule has 1 aliphatic rings. The van der Waals surface area contributed by atoms with Crippen LogP contribution >= 0.6 is 0 Å². The number of hydrogen-bond acceptors (Lipinski definition) is 2. The zero-order chi connectivity index (χ0) is 10.9. The van der Waals surface area contributed by atoms with Crippen LogP contribution in [-0.2, 0) is 9.59 Å². The van der Waals surface area contributed by atoms with Gasteiger partial charge in [0, 0.05) is 12.6 Å². The number of rotatable bonds is 1. The minimum atomic E-state index is -0.815. The minimum Gasteiger partial charge on any atom is -0.300 e. The molecule has 1 unspecified atom stereocenters. The fourth-order valence-corrected chi connectivity index (χ4v) is 1.74. The van der Waals surface area contributed by atoms with E-state index in [-0.39, 0.29) is 11.7 Å². The van der Waals surface area contributed by atoms with Crippen LogP contribution in [-0.4, -0.2) is 22.1 Å². The number of ketones is 1. The Balaban J connectivity index is 3.20. The highest BCUT2D eigenvalue weighted by atomic mass is 16.2. The number of carbonyl (C=O) groups is 2. The van der Waals surface area contributed by atoms with Crippen LogP contribution in [0.2, 0.25) is 0 Å². The molecular formula is C11H15NO2. The van der Waals surface area contributed by atoms with Gasteiger partial charge < -0.3 is 4.90 Å². The van der Waals surface area contributed by atoms with E-state index >= 15 is 0 Å². The van der Waals surface area contributed by atoms with Gasteiger partial charge in [0.15, 0.2) is 5.78 Å². The van der Waals surface area contributed by atoms with E-state index < -0.39 is 5.54 Å². The molecule has 1 amide bonds. The zero-order valence-electron chi connectivity index (χ0n) is 9.00. The number of carbonyl (C=O) groups excluding carboxylic acids is 2. The molecule has 1 heterocycles. The molecule has 0 saturated heterocycles. The standard InChI is InChI=1S/C11H15NO2/c1-8-6-5-7-11(4,9(2)13)12(8)10(3)14/h5-7H,1-4H3. The van der Waals surface area contributed by atoms with Crippen LogP contribution in [0.1, 0.15) is 27.7 Å². The average Bonchev–Trinajstić information content (AvgIpc) is 2.02. The first-order chi connectivity index (χ1) is 6.39. The summed E-state index contributed by atoms with van der Waals surface area (Å²) in [6, 6.07) is 0. The van der Waals surface area contributed by atoms with Gasteiger partial charge in [-0.1, -0.05) is 12.2 Å². The van der Waals surface area contributed by atoms with Crippen LogP contribution in [0.4, 0.5) is 0 Å². The highest BCUT2D eigenvalue weighted by molar-refractivity contribution is 5.93. The summed E-state index contributed by atoms with van der Waals surface area (Å²) in [6.07, 6.45) is 5.39. The third-order valence-electron chi connectivity index (χ3n) is 2.60. The Morgan fingerprint density at radius 2 is 1.93 bits per heavy atom. The molecule has 3 heteroatoms. The monoisotopic (exact) mass is 193 g/mol. The number of allylic oxidation sites excluding steroid dienone is 3. The summed E-state index contributed by atoms with van der Waals surface area (Å²) in [6.45, 7) is 6.55. The summed E-state index contributed by atoms with van der Waals surface area (Å²) in [5.74, 6) is -0.141. The molecule has 1 rings (SSSR count). The lowest BCUT2D eigenvalue weighted by Crippen LogP contribution is -2.52. The van der Waals surface area contributed by atoms with Crippen LogP contribution in [0, 0.1) is 0 Å². The summed E-state index contributed by atoms with van der Waals surface area (Å²) >= 11 is 0. The van der Waals surface area contributed by atoms with Gasteiger partial charge in [0.2, 0.25) is 5.91 Å². The van der Waals surface area contributed by atoms with E-state index in [1.54, 1.807) is 13.0 Å². The highest BCUT2D eigenvalue weighted by Crippen LogP contribution is 2.26. The maximum absolute atomic E-state index is 11.5. The second-order valence-electron chi connectivity index (χ2n) is 3.73. The van der Waals surface area contributed by atoms with Crippen LogP contribution in [0.5, 0.6) is 0 Å². The van der Waals surface area contributed by atoms with Crippen molar-refractivity contribution in [3.63, 3.8) is 0 Å². The van der Waals surface area contributed by atoms with Gasteiger partial charge in [0.1, 0.15) is 5.54 Å². The van der Waals surface area contributed by atoms with Gasteiger partial charge in [0.05, 0.1) is 0 Å². The molecular weight excluding hydrogens is 178 g/mol. The molecule has 0 spiro atoms. The van der Waals surface area contributed by atoms with Crippen LogP contribution in [0.3, 0.4) is 0 Å². The molecule has 14 heavy (non-hydrogen) atoms. The van der Waals surface area contributed by atoms with Gasteiger partial charge in [0.25, 0.3) is 0 Å². The molecule has 0 radical (unpaired) electrons. The van der Waals surface area contributed by atoms with E-state index in [9.17, 15) is 9.59 Å². The minimum absolute atomic E-state index is 0.0311. The second-order valence-corrected chi connectivity index (χ2v) is 3.73. The van der Waals surface area contributed by atoms with Crippen molar-refractivity contribution >= 4 is 11.7 Å². The summed E-state index contributed by atoms with van der Waals surface area (Å²) in [5.41, 5.74) is -0.0114. The maximum atomic E-state index is 11.5. The highest BCUT2D eigenvalue weighted by Gasteiger charge is 2.38. The first-order valence-electron chi connectivity index (χ1n) is 4.57. The molecule has 0 N–H and O–H groups in total. The summed E-state index contributed by atoms with van der Waals surface area (Å²) < 4.78 is 0. The SMILES string of the molecule is CC(=O)N1C(C)=CC=CC1(C)C(C)=O. The Kier molecular flexibility index (Phi) is 2.60. The predicted octanol–water partition coefficient (Wildman–Crippen LogP) is 1.66. The van der Waals surface area contributed by atoms with Gasteiger partial charge in [-0.15, -0.1) is 0 Å². The van der Waals surface area contributed by atoms with Crippen molar-refractivity contribution in [2.24, 2.45) is 0 Å². The van der Waals surface area contributed by atoms with Gasteiger partial charge in [-0.2, -0.15) is 0 Å². The lowest BCUT2D eigenvalue weighted by molar-refractivity contribution is -0.138. The fourth-order valence-electron chi connectivity index (χ4n) is 1.74. The van der Waals surface area contributed by atoms with Crippen molar-refractivity contribution < 1.29 is 9.59 Å². The van der Waals surface area contributed by atoms with E-state index in [0.717, 1.165) is 5.70 Å². The topological polar surface area (TPSA) is 37.4 Å². The smallest absolute Gasteiger partial charge is 0.224 e. The largest absolute Gasteiger partial charge is 0.300 e. The molecule has 0 aromatic heterocycles. The summed E-state index contributed by atoms with van der Waals surface area (Å²) in [5, 5.41) is 0. The van der Waals surface area contributed by atoms with Crippen LogP contribution in [0.15, 0.2) is 23.9 Å². The molecule has 76 valence electrons. The third-order valence-corrected chi connectivity index (χ3v) is 2.60. The number of Topliss-reactive ketones (excluding diaryl/α,β-unsaturated/α-hetero) is 1. The molecule has 0 fully saturated rings. The number of amides is 1. The Morgan fingerprint density at radius 1 is 1.36 bits per heavy atom. The fraction of sp³-hybridized carbons (Fsp3) is 0.455. The van der Waals surface area contributed by atoms with Gasteiger partial charge in [-0.05, 0) is 26.8 Å².